The zero-order valence-corrected chi connectivity index (χ0v) is 12.1. The van der Waals surface area contributed by atoms with Crippen molar-refractivity contribution in [3.05, 3.63) is 28.2 Å². The third-order valence-electron chi connectivity index (χ3n) is 2.60. The Labute approximate surface area is 115 Å². The lowest BCUT2D eigenvalue weighted by atomic mass is 10.1. The molecule has 0 bridgehead atoms. The number of halogens is 3. The molecule has 0 fully saturated rings. The molecule has 0 saturated heterocycles. The van der Waals surface area contributed by atoms with E-state index in [0.717, 1.165) is 22.9 Å². The maximum atomic E-state index is 12.3. The standard InChI is InChI=1S/C13H18BrF2NO/c1-3-4-9(2)17-8-10-7-11(14)5-6-12(10)18-13(15)16/h5-7,9,13,17H,3-4,8H2,1-2H3. The summed E-state index contributed by atoms with van der Waals surface area (Å²) in [6.07, 6.45) is 2.14. The van der Waals surface area contributed by atoms with Crippen LogP contribution < -0.4 is 10.1 Å². The largest absolute Gasteiger partial charge is 0.434 e. The Morgan fingerprint density at radius 2 is 2.11 bits per heavy atom. The van der Waals surface area contributed by atoms with Crippen molar-refractivity contribution in [2.45, 2.75) is 45.9 Å². The van der Waals surface area contributed by atoms with Crippen molar-refractivity contribution in [3.63, 3.8) is 0 Å². The van der Waals surface area contributed by atoms with E-state index in [2.05, 4.69) is 39.8 Å². The molecule has 5 heteroatoms. The Kier molecular flexibility index (Phi) is 6.57. The number of nitrogens with one attached hydrogen (secondary N) is 1. The number of rotatable bonds is 7. The van der Waals surface area contributed by atoms with E-state index in [-0.39, 0.29) is 5.75 Å². The smallest absolute Gasteiger partial charge is 0.387 e. The van der Waals surface area contributed by atoms with Crippen molar-refractivity contribution in [1.82, 2.24) is 5.32 Å². The minimum absolute atomic E-state index is 0.226. The molecule has 2 nitrogen and oxygen atoms in total. The van der Waals surface area contributed by atoms with Crippen LogP contribution >= 0.6 is 15.9 Å². The molecule has 102 valence electrons. The predicted octanol–water partition coefficient (Wildman–Crippen LogP) is 4.33. The first-order valence-corrected chi connectivity index (χ1v) is 6.78. The second-order valence-electron chi connectivity index (χ2n) is 4.20. The maximum Gasteiger partial charge on any atom is 0.387 e. The number of benzene rings is 1. The number of hydrogen-bond acceptors (Lipinski definition) is 2. The fraction of sp³-hybridized carbons (Fsp3) is 0.538. The van der Waals surface area contributed by atoms with Crippen LogP contribution in [0, 0.1) is 0 Å². The summed E-state index contributed by atoms with van der Waals surface area (Å²) in [6.45, 7) is 1.92. The van der Waals surface area contributed by atoms with Gasteiger partial charge in [-0.05, 0) is 31.5 Å². The van der Waals surface area contributed by atoms with Crippen LogP contribution in [-0.2, 0) is 6.54 Å². The van der Waals surface area contributed by atoms with Gasteiger partial charge in [-0.2, -0.15) is 8.78 Å². The third-order valence-corrected chi connectivity index (χ3v) is 3.09. The van der Waals surface area contributed by atoms with Gasteiger partial charge >= 0.3 is 6.61 Å². The summed E-state index contributed by atoms with van der Waals surface area (Å²) in [5, 5.41) is 3.29. The molecule has 1 rings (SSSR count). The highest BCUT2D eigenvalue weighted by molar-refractivity contribution is 9.10. The van der Waals surface area contributed by atoms with Gasteiger partial charge in [0.2, 0.25) is 0 Å². The highest BCUT2D eigenvalue weighted by Crippen LogP contribution is 2.24. The molecular formula is C13H18BrF2NO. The second kappa shape index (κ2) is 7.69. The van der Waals surface area contributed by atoms with Gasteiger partial charge in [0.25, 0.3) is 0 Å². The van der Waals surface area contributed by atoms with Gasteiger partial charge in [-0.25, -0.2) is 0 Å². The van der Waals surface area contributed by atoms with E-state index in [1.807, 2.05) is 0 Å². The summed E-state index contributed by atoms with van der Waals surface area (Å²) in [4.78, 5) is 0. The van der Waals surface area contributed by atoms with E-state index >= 15 is 0 Å². The Hall–Kier alpha value is -0.680. The van der Waals surface area contributed by atoms with Gasteiger partial charge in [-0.3, -0.25) is 0 Å². The lowest BCUT2D eigenvalue weighted by Gasteiger charge is -2.15. The summed E-state index contributed by atoms with van der Waals surface area (Å²) in [5.41, 5.74) is 0.729. The van der Waals surface area contributed by atoms with Crippen LogP contribution in [-0.4, -0.2) is 12.7 Å². The Morgan fingerprint density at radius 3 is 2.72 bits per heavy atom. The molecule has 0 aliphatic carbocycles. The molecule has 1 N–H and O–H groups in total. The minimum Gasteiger partial charge on any atom is -0.434 e. The molecule has 1 aromatic carbocycles. The van der Waals surface area contributed by atoms with Gasteiger partial charge in [0, 0.05) is 22.6 Å². The van der Waals surface area contributed by atoms with Crippen LogP contribution in [0.4, 0.5) is 8.78 Å². The zero-order chi connectivity index (χ0) is 13.5. The van der Waals surface area contributed by atoms with Crippen molar-refractivity contribution in [1.29, 1.82) is 0 Å². The number of alkyl halides is 2. The highest BCUT2D eigenvalue weighted by atomic mass is 79.9. The summed E-state index contributed by atoms with van der Waals surface area (Å²) in [6, 6.07) is 5.39. The van der Waals surface area contributed by atoms with Gasteiger partial charge in [-0.15, -0.1) is 0 Å². The fourth-order valence-electron chi connectivity index (χ4n) is 1.72. The predicted molar refractivity (Wildman–Crippen MR) is 72.0 cm³/mol. The molecule has 0 aromatic heterocycles. The van der Waals surface area contributed by atoms with Crippen LogP contribution in [0.1, 0.15) is 32.3 Å². The molecule has 18 heavy (non-hydrogen) atoms. The first-order chi connectivity index (χ1) is 8.52. The Morgan fingerprint density at radius 1 is 1.39 bits per heavy atom. The molecule has 0 radical (unpaired) electrons. The van der Waals surface area contributed by atoms with E-state index in [9.17, 15) is 8.78 Å². The van der Waals surface area contributed by atoms with Gasteiger partial charge in [0.15, 0.2) is 0 Å². The van der Waals surface area contributed by atoms with E-state index in [4.69, 9.17) is 0 Å². The lowest BCUT2D eigenvalue weighted by molar-refractivity contribution is -0.0505. The minimum atomic E-state index is -2.79. The monoisotopic (exact) mass is 321 g/mol. The Balaban J connectivity index is 2.69. The quantitative estimate of drug-likeness (QED) is 0.807. The summed E-state index contributed by atoms with van der Waals surface area (Å²) >= 11 is 3.33. The van der Waals surface area contributed by atoms with E-state index < -0.39 is 6.61 Å². The molecule has 1 atom stereocenters. The van der Waals surface area contributed by atoms with E-state index in [0.29, 0.717) is 12.6 Å². The average Bonchev–Trinajstić information content (AvgIpc) is 2.29. The third kappa shape index (κ3) is 5.31. The molecule has 0 heterocycles. The summed E-state index contributed by atoms with van der Waals surface area (Å²) in [7, 11) is 0. The van der Waals surface area contributed by atoms with Crippen LogP contribution in [0.3, 0.4) is 0 Å². The van der Waals surface area contributed by atoms with Crippen molar-refractivity contribution >= 4 is 15.9 Å². The van der Waals surface area contributed by atoms with Crippen molar-refractivity contribution in [2.24, 2.45) is 0 Å². The van der Waals surface area contributed by atoms with Crippen molar-refractivity contribution in [3.8, 4) is 5.75 Å². The van der Waals surface area contributed by atoms with Gasteiger partial charge in [0.05, 0.1) is 0 Å². The number of ether oxygens (including phenoxy) is 1. The van der Waals surface area contributed by atoms with Crippen LogP contribution in [0.2, 0.25) is 0 Å². The molecular weight excluding hydrogens is 304 g/mol. The Bertz CT molecular complexity index is 374. The molecule has 0 amide bonds. The van der Waals surface area contributed by atoms with Crippen LogP contribution in [0.5, 0.6) is 5.75 Å². The average molecular weight is 322 g/mol. The van der Waals surface area contributed by atoms with Crippen molar-refractivity contribution in [2.75, 3.05) is 0 Å². The molecule has 1 unspecified atom stereocenters. The molecule has 0 spiro atoms. The van der Waals surface area contributed by atoms with Gasteiger partial charge < -0.3 is 10.1 Å². The molecule has 1 aromatic rings. The topological polar surface area (TPSA) is 21.3 Å². The second-order valence-corrected chi connectivity index (χ2v) is 5.12. The fourth-order valence-corrected chi connectivity index (χ4v) is 2.12. The summed E-state index contributed by atoms with van der Waals surface area (Å²) in [5.74, 6) is 0.226. The first-order valence-electron chi connectivity index (χ1n) is 5.99. The maximum absolute atomic E-state index is 12.3. The molecule has 0 saturated carbocycles. The number of hydrogen-bond donors (Lipinski definition) is 1. The zero-order valence-electron chi connectivity index (χ0n) is 10.6. The normalized spacial score (nSPS) is 12.8. The first kappa shape index (κ1) is 15.4. The highest BCUT2D eigenvalue weighted by Gasteiger charge is 2.10. The van der Waals surface area contributed by atoms with Crippen LogP contribution in [0.25, 0.3) is 0 Å². The lowest BCUT2D eigenvalue weighted by Crippen LogP contribution is -2.25. The van der Waals surface area contributed by atoms with Crippen LogP contribution in [0.15, 0.2) is 22.7 Å². The van der Waals surface area contributed by atoms with Crippen molar-refractivity contribution < 1.29 is 13.5 Å². The molecule has 0 aliphatic rings. The SMILES string of the molecule is CCCC(C)NCc1cc(Br)ccc1OC(F)F. The van der Waals surface area contributed by atoms with Gasteiger partial charge in [-0.1, -0.05) is 29.3 Å². The van der Waals surface area contributed by atoms with E-state index in [1.54, 1.807) is 18.2 Å². The van der Waals surface area contributed by atoms with Gasteiger partial charge in [0.1, 0.15) is 5.75 Å². The summed E-state index contributed by atoms with van der Waals surface area (Å²) < 4.78 is 29.9. The van der Waals surface area contributed by atoms with E-state index in [1.165, 1.54) is 0 Å². The molecule has 0 aliphatic heterocycles.